The average molecular weight is 306 g/mol. The van der Waals surface area contributed by atoms with Crippen LogP contribution in [0.25, 0.3) is 0 Å². The highest BCUT2D eigenvalue weighted by atomic mass is 32.1. The maximum Gasteiger partial charge on any atom is 0.258 e. The van der Waals surface area contributed by atoms with Gasteiger partial charge in [-0.05, 0) is 19.3 Å². The van der Waals surface area contributed by atoms with Crippen LogP contribution in [-0.4, -0.2) is 29.6 Å². The van der Waals surface area contributed by atoms with Gasteiger partial charge in [0.05, 0.1) is 12.6 Å². The van der Waals surface area contributed by atoms with Crippen molar-refractivity contribution < 1.29 is 9.53 Å². The third-order valence-electron chi connectivity index (χ3n) is 3.72. The molecule has 0 spiro atoms. The molecule has 0 saturated heterocycles. The summed E-state index contributed by atoms with van der Waals surface area (Å²) in [6.07, 6.45) is 13.3. The number of terminal acetylenes is 1. The Balaban J connectivity index is 2.04. The molecule has 1 aliphatic carbocycles. The Morgan fingerprint density at radius 2 is 2.33 bits per heavy atom. The molecule has 1 heterocycles. The van der Waals surface area contributed by atoms with Crippen molar-refractivity contribution in [3.8, 4) is 12.3 Å². The standard InChI is InChI=1S/C16H22N2O2S/c1-3-11-18(16-17-10-12-21-16)15(19)14(4-2)20-13-8-6-5-7-9-13/h1,10,12-14H,4-9,11H2,2H3/t14-/m1/s1. The molecule has 0 radical (unpaired) electrons. The van der Waals surface area contributed by atoms with E-state index in [0.717, 1.165) is 12.8 Å². The molecule has 1 saturated carbocycles. The van der Waals surface area contributed by atoms with E-state index in [9.17, 15) is 4.79 Å². The molecule has 2 rings (SSSR count). The van der Waals surface area contributed by atoms with Gasteiger partial charge in [0.2, 0.25) is 0 Å². The monoisotopic (exact) mass is 306 g/mol. The maximum absolute atomic E-state index is 12.7. The van der Waals surface area contributed by atoms with Gasteiger partial charge in [0, 0.05) is 11.6 Å². The number of ether oxygens (including phenoxy) is 1. The first-order valence-electron chi connectivity index (χ1n) is 7.56. The summed E-state index contributed by atoms with van der Waals surface area (Å²) in [5.74, 6) is 2.46. The van der Waals surface area contributed by atoms with Crippen LogP contribution in [0.5, 0.6) is 0 Å². The minimum Gasteiger partial charge on any atom is -0.365 e. The van der Waals surface area contributed by atoms with Gasteiger partial charge in [-0.25, -0.2) is 4.98 Å². The summed E-state index contributed by atoms with van der Waals surface area (Å²) in [5.41, 5.74) is 0. The summed E-state index contributed by atoms with van der Waals surface area (Å²) in [6.45, 7) is 2.21. The molecular formula is C16H22N2O2S. The van der Waals surface area contributed by atoms with E-state index in [0.29, 0.717) is 11.6 Å². The second kappa shape index (κ2) is 8.16. The average Bonchev–Trinajstić information content (AvgIpc) is 3.04. The molecule has 114 valence electrons. The zero-order valence-corrected chi connectivity index (χ0v) is 13.3. The summed E-state index contributed by atoms with van der Waals surface area (Å²) >= 11 is 1.42. The smallest absolute Gasteiger partial charge is 0.258 e. The van der Waals surface area contributed by atoms with Crippen molar-refractivity contribution in [3.05, 3.63) is 11.6 Å². The molecule has 0 N–H and O–H groups in total. The Morgan fingerprint density at radius 1 is 1.57 bits per heavy atom. The highest BCUT2D eigenvalue weighted by Gasteiger charge is 2.28. The largest absolute Gasteiger partial charge is 0.365 e. The second-order valence-electron chi connectivity index (χ2n) is 5.24. The van der Waals surface area contributed by atoms with Gasteiger partial charge in [0.1, 0.15) is 6.10 Å². The number of amides is 1. The highest BCUT2D eigenvalue weighted by Crippen LogP contribution is 2.24. The van der Waals surface area contributed by atoms with Crippen LogP contribution in [0.1, 0.15) is 45.4 Å². The third kappa shape index (κ3) is 4.29. The Bertz CT molecular complexity index is 475. The number of rotatable bonds is 6. The van der Waals surface area contributed by atoms with Gasteiger partial charge in [0.15, 0.2) is 5.13 Å². The molecule has 5 heteroatoms. The zero-order valence-electron chi connectivity index (χ0n) is 12.5. The van der Waals surface area contributed by atoms with Gasteiger partial charge in [0.25, 0.3) is 5.91 Å². The van der Waals surface area contributed by atoms with Crippen LogP contribution in [0.3, 0.4) is 0 Å². The molecule has 0 unspecified atom stereocenters. The summed E-state index contributed by atoms with van der Waals surface area (Å²) in [6, 6.07) is 0. The summed E-state index contributed by atoms with van der Waals surface area (Å²) in [5, 5.41) is 2.48. The Labute approximate surface area is 130 Å². The maximum atomic E-state index is 12.7. The fourth-order valence-corrected chi connectivity index (χ4v) is 3.26. The normalized spacial score (nSPS) is 17.1. The number of anilines is 1. The minimum atomic E-state index is -0.426. The molecule has 21 heavy (non-hydrogen) atoms. The lowest BCUT2D eigenvalue weighted by Gasteiger charge is -2.29. The lowest BCUT2D eigenvalue weighted by atomic mass is 9.97. The molecule has 1 fully saturated rings. The molecule has 0 aliphatic heterocycles. The van der Waals surface area contributed by atoms with Crippen molar-refractivity contribution in [2.45, 2.75) is 57.7 Å². The van der Waals surface area contributed by atoms with Crippen molar-refractivity contribution in [2.24, 2.45) is 0 Å². The van der Waals surface area contributed by atoms with Crippen LogP contribution >= 0.6 is 11.3 Å². The zero-order chi connectivity index (χ0) is 15.1. The van der Waals surface area contributed by atoms with Crippen LogP contribution in [0.15, 0.2) is 11.6 Å². The molecular weight excluding hydrogens is 284 g/mol. The summed E-state index contributed by atoms with van der Waals surface area (Å²) in [7, 11) is 0. The van der Waals surface area contributed by atoms with E-state index in [1.807, 2.05) is 12.3 Å². The Kier molecular flexibility index (Phi) is 6.21. The SMILES string of the molecule is C#CCN(C(=O)[C@@H](CC)OC1CCCCC1)c1nccs1. The molecule has 1 aromatic heterocycles. The van der Waals surface area contributed by atoms with Gasteiger partial charge in [-0.3, -0.25) is 9.69 Å². The van der Waals surface area contributed by atoms with E-state index in [-0.39, 0.29) is 18.6 Å². The molecule has 1 aromatic rings. The van der Waals surface area contributed by atoms with Gasteiger partial charge in [-0.1, -0.05) is 32.1 Å². The lowest BCUT2D eigenvalue weighted by Crippen LogP contribution is -2.42. The number of carbonyl (C=O) groups excluding carboxylic acids is 1. The van der Waals surface area contributed by atoms with Crippen molar-refractivity contribution in [3.63, 3.8) is 0 Å². The van der Waals surface area contributed by atoms with Crippen LogP contribution in [0.4, 0.5) is 5.13 Å². The molecule has 1 aliphatic rings. The van der Waals surface area contributed by atoms with Crippen molar-refractivity contribution in [2.75, 3.05) is 11.4 Å². The third-order valence-corrected chi connectivity index (χ3v) is 4.52. The first-order valence-corrected chi connectivity index (χ1v) is 8.44. The fraction of sp³-hybridized carbons (Fsp3) is 0.625. The number of thiazole rings is 1. The first-order chi connectivity index (χ1) is 10.3. The van der Waals surface area contributed by atoms with Crippen LogP contribution < -0.4 is 4.90 Å². The minimum absolute atomic E-state index is 0.0732. The Morgan fingerprint density at radius 3 is 2.90 bits per heavy atom. The predicted molar refractivity (Wildman–Crippen MR) is 85.3 cm³/mol. The lowest BCUT2D eigenvalue weighted by molar-refractivity contribution is -0.135. The van der Waals surface area contributed by atoms with Gasteiger partial charge in [-0.15, -0.1) is 17.8 Å². The Hall–Kier alpha value is -1.38. The second-order valence-corrected chi connectivity index (χ2v) is 6.11. The van der Waals surface area contributed by atoms with Gasteiger partial charge < -0.3 is 4.74 Å². The van der Waals surface area contributed by atoms with E-state index in [4.69, 9.17) is 11.2 Å². The van der Waals surface area contributed by atoms with E-state index in [1.165, 1.54) is 30.6 Å². The number of nitrogens with zero attached hydrogens (tertiary/aromatic N) is 2. The van der Waals surface area contributed by atoms with Crippen LogP contribution in [0, 0.1) is 12.3 Å². The fourth-order valence-electron chi connectivity index (χ4n) is 2.62. The van der Waals surface area contributed by atoms with Crippen molar-refractivity contribution >= 4 is 22.4 Å². The highest BCUT2D eigenvalue weighted by molar-refractivity contribution is 7.13. The van der Waals surface area contributed by atoms with Gasteiger partial charge in [-0.2, -0.15) is 0 Å². The predicted octanol–water partition coefficient (Wildman–Crippen LogP) is 3.24. The molecule has 0 bridgehead atoms. The van der Waals surface area contributed by atoms with E-state index in [2.05, 4.69) is 10.9 Å². The van der Waals surface area contributed by atoms with Crippen molar-refractivity contribution in [1.82, 2.24) is 4.98 Å². The van der Waals surface area contributed by atoms with E-state index >= 15 is 0 Å². The van der Waals surface area contributed by atoms with E-state index < -0.39 is 6.10 Å². The number of carbonyl (C=O) groups is 1. The van der Waals surface area contributed by atoms with Crippen LogP contribution in [-0.2, 0) is 9.53 Å². The van der Waals surface area contributed by atoms with Crippen LogP contribution in [0.2, 0.25) is 0 Å². The summed E-state index contributed by atoms with van der Waals surface area (Å²) < 4.78 is 6.04. The topological polar surface area (TPSA) is 42.4 Å². The number of hydrogen-bond donors (Lipinski definition) is 0. The summed E-state index contributed by atoms with van der Waals surface area (Å²) in [4.78, 5) is 18.5. The quantitative estimate of drug-likeness (QED) is 0.758. The first kappa shape index (κ1) is 16.0. The number of hydrogen-bond acceptors (Lipinski definition) is 4. The molecule has 1 amide bonds. The number of aromatic nitrogens is 1. The molecule has 0 aromatic carbocycles. The van der Waals surface area contributed by atoms with Gasteiger partial charge >= 0.3 is 0 Å². The molecule has 1 atom stereocenters. The van der Waals surface area contributed by atoms with Crippen molar-refractivity contribution in [1.29, 1.82) is 0 Å². The molecule has 4 nitrogen and oxygen atoms in total. The van der Waals surface area contributed by atoms with E-state index in [1.54, 1.807) is 11.1 Å².